The van der Waals surface area contributed by atoms with Gasteiger partial charge in [-0.15, -0.1) is 10.2 Å². The minimum atomic E-state index is -0.145. The lowest BCUT2D eigenvalue weighted by molar-refractivity contribution is 0.0655. The van der Waals surface area contributed by atoms with Crippen LogP contribution in [0.4, 0.5) is 0 Å². The van der Waals surface area contributed by atoms with Gasteiger partial charge in [0.1, 0.15) is 0 Å². The maximum atomic E-state index is 12.3. The van der Waals surface area contributed by atoms with Gasteiger partial charge in [-0.05, 0) is 24.3 Å². The normalized spacial score (nSPS) is 16.1. The minimum absolute atomic E-state index is 0.107. The lowest BCUT2D eigenvalue weighted by atomic mass is 9.99. The topological polar surface area (TPSA) is 59.2 Å². The van der Waals surface area contributed by atoms with Crippen molar-refractivity contribution in [2.75, 3.05) is 13.1 Å². The van der Waals surface area contributed by atoms with E-state index >= 15 is 0 Å². The molecule has 0 bridgehead atoms. The van der Waals surface area contributed by atoms with Gasteiger partial charge >= 0.3 is 11.8 Å². The number of aromatic nitrogens is 2. The summed E-state index contributed by atoms with van der Waals surface area (Å²) in [6.45, 7) is 3.76. The van der Waals surface area contributed by atoms with Gasteiger partial charge in [0.05, 0.1) is 6.42 Å². The van der Waals surface area contributed by atoms with Gasteiger partial charge in [-0.25, -0.2) is 0 Å². The van der Waals surface area contributed by atoms with E-state index in [-0.39, 0.29) is 11.8 Å². The summed E-state index contributed by atoms with van der Waals surface area (Å²) in [5.41, 5.74) is 1.09. The van der Waals surface area contributed by atoms with Crippen molar-refractivity contribution in [2.45, 2.75) is 26.2 Å². The summed E-state index contributed by atoms with van der Waals surface area (Å²) in [5.74, 6) is 1.13. The lowest BCUT2D eigenvalue weighted by Crippen LogP contribution is -2.38. The fourth-order valence-electron chi connectivity index (χ4n) is 2.53. The number of likely N-dealkylation sites (tertiary alicyclic amines) is 1. The fourth-order valence-corrected chi connectivity index (χ4v) is 2.53. The van der Waals surface area contributed by atoms with Crippen molar-refractivity contribution >= 4 is 5.91 Å². The number of rotatable bonds is 3. The fraction of sp³-hybridized carbons (Fsp3) is 0.438. The Labute approximate surface area is 124 Å². The smallest absolute Gasteiger partial charge is 0.311 e. The number of amides is 1. The van der Waals surface area contributed by atoms with Crippen molar-refractivity contribution in [3.63, 3.8) is 0 Å². The Morgan fingerprint density at radius 2 is 1.95 bits per heavy atom. The average molecular weight is 285 g/mol. The van der Waals surface area contributed by atoms with Crippen LogP contribution in [0.25, 0.3) is 0 Å². The van der Waals surface area contributed by atoms with Gasteiger partial charge in [0.15, 0.2) is 0 Å². The molecule has 1 aromatic heterocycles. The Balaban J connectivity index is 1.66. The summed E-state index contributed by atoms with van der Waals surface area (Å²) < 4.78 is 5.52. The highest BCUT2D eigenvalue weighted by molar-refractivity contribution is 5.89. The maximum Gasteiger partial charge on any atom is 0.311 e. The molecule has 5 nitrogen and oxygen atoms in total. The number of hydrogen-bond acceptors (Lipinski definition) is 4. The molecule has 1 fully saturated rings. The molecule has 1 aromatic carbocycles. The summed E-state index contributed by atoms with van der Waals surface area (Å²) in [7, 11) is 0. The van der Waals surface area contributed by atoms with Crippen LogP contribution in [0, 0.1) is 5.92 Å². The van der Waals surface area contributed by atoms with Crippen molar-refractivity contribution in [2.24, 2.45) is 5.92 Å². The van der Waals surface area contributed by atoms with Crippen LogP contribution in [0.2, 0.25) is 0 Å². The van der Waals surface area contributed by atoms with E-state index in [1.54, 1.807) is 4.90 Å². The maximum absolute atomic E-state index is 12.3. The summed E-state index contributed by atoms with van der Waals surface area (Å²) in [6, 6.07) is 9.89. The second kappa shape index (κ2) is 6.08. The molecule has 0 atom stereocenters. The summed E-state index contributed by atoms with van der Waals surface area (Å²) in [6.07, 6.45) is 2.63. The van der Waals surface area contributed by atoms with Crippen LogP contribution in [0.5, 0.6) is 0 Å². The van der Waals surface area contributed by atoms with E-state index in [1.807, 2.05) is 30.3 Å². The minimum Gasteiger partial charge on any atom is -0.417 e. The predicted molar refractivity (Wildman–Crippen MR) is 77.8 cm³/mol. The van der Waals surface area contributed by atoms with Gasteiger partial charge in [0.2, 0.25) is 5.89 Å². The van der Waals surface area contributed by atoms with E-state index in [4.69, 9.17) is 4.42 Å². The van der Waals surface area contributed by atoms with Gasteiger partial charge in [-0.3, -0.25) is 4.79 Å². The van der Waals surface area contributed by atoms with Gasteiger partial charge in [-0.2, -0.15) is 0 Å². The third-order valence-electron chi connectivity index (χ3n) is 3.92. The Morgan fingerprint density at radius 1 is 1.24 bits per heavy atom. The molecule has 1 aliphatic heterocycles. The first kappa shape index (κ1) is 13.8. The molecule has 5 heteroatoms. The van der Waals surface area contributed by atoms with E-state index in [1.165, 1.54) is 0 Å². The second-order valence-corrected chi connectivity index (χ2v) is 5.64. The predicted octanol–water partition coefficient (Wildman–Crippen LogP) is 2.53. The molecule has 1 amide bonds. The average Bonchev–Trinajstić information content (AvgIpc) is 2.97. The first-order valence-electron chi connectivity index (χ1n) is 7.38. The quantitative estimate of drug-likeness (QED) is 0.869. The molecule has 0 N–H and O–H groups in total. The number of nitrogens with zero attached hydrogens (tertiary/aromatic N) is 3. The Bertz CT molecular complexity index is 601. The molecular formula is C16H19N3O2. The lowest BCUT2D eigenvalue weighted by Gasteiger charge is -2.29. The van der Waals surface area contributed by atoms with Crippen LogP contribution < -0.4 is 0 Å². The molecule has 0 radical (unpaired) electrons. The molecule has 1 saturated heterocycles. The summed E-state index contributed by atoms with van der Waals surface area (Å²) >= 11 is 0. The second-order valence-electron chi connectivity index (χ2n) is 5.64. The third-order valence-corrected chi connectivity index (χ3v) is 3.92. The van der Waals surface area contributed by atoms with Crippen molar-refractivity contribution < 1.29 is 9.21 Å². The molecule has 21 heavy (non-hydrogen) atoms. The number of piperidine rings is 1. The first-order chi connectivity index (χ1) is 10.2. The molecule has 2 heterocycles. The van der Waals surface area contributed by atoms with E-state index in [0.717, 1.165) is 31.5 Å². The molecule has 1 aliphatic rings. The molecule has 0 spiro atoms. The third kappa shape index (κ3) is 3.29. The first-order valence-corrected chi connectivity index (χ1v) is 7.38. The molecule has 0 unspecified atom stereocenters. The Morgan fingerprint density at radius 3 is 2.67 bits per heavy atom. The highest BCUT2D eigenvalue weighted by Gasteiger charge is 2.25. The van der Waals surface area contributed by atoms with Gasteiger partial charge in [-0.1, -0.05) is 37.3 Å². The van der Waals surface area contributed by atoms with Crippen LogP contribution >= 0.6 is 0 Å². The zero-order valence-electron chi connectivity index (χ0n) is 12.2. The SMILES string of the molecule is CC1CCN(C(=O)c2nnc(Cc3ccccc3)o2)CC1. The monoisotopic (exact) mass is 285 g/mol. The molecule has 0 aliphatic carbocycles. The molecular weight excluding hydrogens is 266 g/mol. The van der Waals surface area contributed by atoms with Crippen LogP contribution in [0.3, 0.4) is 0 Å². The summed E-state index contributed by atoms with van der Waals surface area (Å²) in [5, 5.41) is 7.88. The zero-order chi connectivity index (χ0) is 14.7. The molecule has 110 valence electrons. The highest BCUT2D eigenvalue weighted by Crippen LogP contribution is 2.18. The van der Waals surface area contributed by atoms with Crippen molar-refractivity contribution in [1.82, 2.24) is 15.1 Å². The largest absolute Gasteiger partial charge is 0.417 e. The van der Waals surface area contributed by atoms with E-state index in [0.29, 0.717) is 18.2 Å². The van der Waals surface area contributed by atoms with Crippen molar-refractivity contribution in [3.05, 3.63) is 47.7 Å². The molecule has 2 aromatic rings. The number of benzene rings is 1. The number of hydrogen-bond donors (Lipinski definition) is 0. The van der Waals surface area contributed by atoms with Gasteiger partial charge in [0.25, 0.3) is 0 Å². The molecule has 3 rings (SSSR count). The zero-order valence-corrected chi connectivity index (χ0v) is 12.2. The van der Waals surface area contributed by atoms with Crippen LogP contribution in [-0.2, 0) is 6.42 Å². The van der Waals surface area contributed by atoms with Gasteiger partial charge < -0.3 is 9.32 Å². The van der Waals surface area contributed by atoms with E-state index in [2.05, 4.69) is 17.1 Å². The van der Waals surface area contributed by atoms with Crippen molar-refractivity contribution in [3.8, 4) is 0 Å². The molecule has 0 saturated carbocycles. The van der Waals surface area contributed by atoms with Crippen LogP contribution in [0.15, 0.2) is 34.7 Å². The van der Waals surface area contributed by atoms with E-state index < -0.39 is 0 Å². The Kier molecular flexibility index (Phi) is 3.99. The van der Waals surface area contributed by atoms with Crippen molar-refractivity contribution in [1.29, 1.82) is 0 Å². The number of carbonyl (C=O) groups excluding carboxylic acids is 1. The Hall–Kier alpha value is -2.17. The standard InChI is InChI=1S/C16H19N3O2/c1-12-7-9-19(10-8-12)16(20)15-18-17-14(21-15)11-13-5-3-2-4-6-13/h2-6,12H,7-11H2,1H3. The van der Waals surface area contributed by atoms with E-state index in [9.17, 15) is 4.79 Å². The van der Waals surface area contributed by atoms with Crippen LogP contribution in [0.1, 0.15) is 41.9 Å². The summed E-state index contributed by atoms with van der Waals surface area (Å²) in [4.78, 5) is 14.1. The van der Waals surface area contributed by atoms with Gasteiger partial charge in [0, 0.05) is 13.1 Å². The highest BCUT2D eigenvalue weighted by atomic mass is 16.4. The van der Waals surface area contributed by atoms with Crippen LogP contribution in [-0.4, -0.2) is 34.1 Å². The number of carbonyl (C=O) groups is 1.